The van der Waals surface area contributed by atoms with Crippen LogP contribution in [0.3, 0.4) is 0 Å². The predicted octanol–water partition coefficient (Wildman–Crippen LogP) is 5.51. The van der Waals surface area contributed by atoms with E-state index in [4.69, 9.17) is 31.0 Å². The maximum atomic E-state index is 14.5. The zero-order valence-corrected chi connectivity index (χ0v) is 28.6. The van der Waals surface area contributed by atoms with Crippen molar-refractivity contribution < 1.29 is 28.2 Å². The summed E-state index contributed by atoms with van der Waals surface area (Å²) in [6.45, 7) is 7.94. The average molecular weight is 685 g/mol. The van der Waals surface area contributed by atoms with Crippen LogP contribution < -0.4 is 14.5 Å². The molecule has 4 atom stereocenters. The summed E-state index contributed by atoms with van der Waals surface area (Å²) in [5.74, 6) is 0.600. The Hall–Kier alpha value is -3.48. The van der Waals surface area contributed by atoms with Crippen molar-refractivity contribution in [3.63, 3.8) is 0 Å². The number of halogens is 3. The van der Waals surface area contributed by atoms with Crippen molar-refractivity contribution in [1.82, 2.24) is 19.8 Å². The molecular formula is C35H43ClF2N6O4. The second-order valence-corrected chi connectivity index (χ2v) is 15.0. The fourth-order valence-corrected chi connectivity index (χ4v) is 8.14. The summed E-state index contributed by atoms with van der Waals surface area (Å²) in [6, 6.07) is 10.6. The standard InChI is InChI=1S/C35H43ClF2N6O4/c1-34(2,3)48-33(45)44-23-16-35(46,31(37)38)28(44)19-43(17-23)30-24-13-15-42(27-12-6-9-21-8-5-11-25(36)29(21)27)18-26(24)39-32(40-30)47-20-22-10-7-14-41(22)4/h5-6,8-9,11-12,22-23,28,31,46H,7,10,13-20H2,1-4H3/t22-,23+,28+,35?/m0/s1. The minimum Gasteiger partial charge on any atom is -0.462 e. The van der Waals surface area contributed by atoms with Gasteiger partial charge in [-0.05, 0) is 71.1 Å². The Balaban J connectivity index is 1.24. The third kappa shape index (κ3) is 6.00. The Morgan fingerprint density at radius 1 is 1.12 bits per heavy atom. The van der Waals surface area contributed by atoms with E-state index < -0.39 is 35.8 Å². The number of hydrogen-bond donors (Lipinski definition) is 1. The fraction of sp³-hybridized carbons (Fsp3) is 0.571. The van der Waals surface area contributed by atoms with E-state index in [0.717, 1.165) is 47.1 Å². The van der Waals surface area contributed by atoms with Gasteiger partial charge in [0.25, 0.3) is 6.43 Å². The van der Waals surface area contributed by atoms with Gasteiger partial charge in [0.05, 0.1) is 29.3 Å². The number of piperazine rings is 1. The highest BCUT2D eigenvalue weighted by atomic mass is 35.5. The van der Waals surface area contributed by atoms with Gasteiger partial charge < -0.3 is 29.3 Å². The van der Waals surface area contributed by atoms with Gasteiger partial charge in [-0.25, -0.2) is 13.6 Å². The van der Waals surface area contributed by atoms with Gasteiger partial charge in [0.15, 0.2) is 0 Å². The molecule has 1 unspecified atom stereocenters. The van der Waals surface area contributed by atoms with E-state index in [9.17, 15) is 18.7 Å². The summed E-state index contributed by atoms with van der Waals surface area (Å²) in [5.41, 5.74) is -0.489. The lowest BCUT2D eigenvalue weighted by Gasteiger charge is -2.44. The van der Waals surface area contributed by atoms with Gasteiger partial charge in [-0.2, -0.15) is 9.97 Å². The van der Waals surface area contributed by atoms with Crippen LogP contribution in [-0.2, 0) is 17.7 Å². The summed E-state index contributed by atoms with van der Waals surface area (Å²) in [4.78, 5) is 30.9. The van der Waals surface area contributed by atoms with Crippen LogP contribution in [0.15, 0.2) is 36.4 Å². The summed E-state index contributed by atoms with van der Waals surface area (Å²) >= 11 is 6.70. The molecule has 10 nitrogen and oxygen atoms in total. The number of hydrogen-bond acceptors (Lipinski definition) is 9. The maximum Gasteiger partial charge on any atom is 0.411 e. The molecule has 3 saturated heterocycles. The quantitative estimate of drug-likeness (QED) is 0.361. The minimum atomic E-state index is -3.04. The highest BCUT2D eigenvalue weighted by Gasteiger charge is 2.62. The number of anilines is 2. The van der Waals surface area contributed by atoms with Gasteiger partial charge in [-0.15, -0.1) is 0 Å². The topological polar surface area (TPSA) is 94.5 Å². The van der Waals surface area contributed by atoms with Crippen LogP contribution in [0, 0.1) is 0 Å². The molecule has 48 heavy (non-hydrogen) atoms. The van der Waals surface area contributed by atoms with Crippen molar-refractivity contribution in [2.24, 2.45) is 0 Å². The number of carbonyl (C=O) groups is 1. The molecule has 0 radical (unpaired) electrons. The smallest absolute Gasteiger partial charge is 0.411 e. The van der Waals surface area contributed by atoms with E-state index >= 15 is 0 Å². The number of carbonyl (C=O) groups excluding carboxylic acids is 1. The number of rotatable bonds is 6. The van der Waals surface area contributed by atoms with E-state index in [2.05, 4.69) is 22.9 Å². The molecule has 0 aliphatic carbocycles. The number of benzene rings is 2. The van der Waals surface area contributed by atoms with Crippen LogP contribution in [0.4, 0.5) is 25.1 Å². The van der Waals surface area contributed by atoms with E-state index in [1.54, 1.807) is 20.8 Å². The third-order valence-corrected chi connectivity index (χ3v) is 10.6. The van der Waals surface area contributed by atoms with Crippen molar-refractivity contribution in [1.29, 1.82) is 0 Å². The lowest BCUT2D eigenvalue weighted by atomic mass is 9.94. The van der Waals surface area contributed by atoms with E-state index in [0.29, 0.717) is 37.0 Å². The number of amides is 1. The first-order valence-corrected chi connectivity index (χ1v) is 17.1. The van der Waals surface area contributed by atoms with E-state index in [1.165, 1.54) is 4.90 Å². The molecule has 2 aromatic carbocycles. The molecule has 0 saturated carbocycles. The average Bonchev–Trinajstić information content (AvgIpc) is 3.53. The molecule has 13 heteroatoms. The first-order chi connectivity index (χ1) is 22.8. The fourth-order valence-electron chi connectivity index (χ4n) is 7.86. The molecule has 3 fully saturated rings. The molecule has 3 aromatic rings. The van der Waals surface area contributed by atoms with Crippen molar-refractivity contribution >= 4 is 40.0 Å². The van der Waals surface area contributed by atoms with Crippen LogP contribution >= 0.6 is 11.6 Å². The molecule has 4 aliphatic heterocycles. The first kappa shape index (κ1) is 33.0. The maximum absolute atomic E-state index is 14.5. The Labute approximate surface area is 284 Å². The normalized spacial score (nSPS) is 26.0. The SMILES string of the molecule is CN1CCC[C@H]1COc1nc2c(c(N3C[C@H]4CC(O)(C(F)F)[C@@H](C3)N4C(=O)OC(C)(C)C)n1)CCN(c1cccc3cccc(Cl)c13)C2. The van der Waals surface area contributed by atoms with Gasteiger partial charge in [0.2, 0.25) is 0 Å². The van der Waals surface area contributed by atoms with Gasteiger partial charge in [0, 0.05) is 48.7 Å². The number of likely N-dealkylation sites (N-methyl/N-ethyl adjacent to an activating group) is 1. The zero-order chi connectivity index (χ0) is 34.0. The largest absolute Gasteiger partial charge is 0.462 e. The van der Waals surface area contributed by atoms with Crippen LogP contribution in [0.5, 0.6) is 6.01 Å². The number of fused-ring (bicyclic) bond motifs is 4. The molecule has 0 spiro atoms. The third-order valence-electron chi connectivity index (χ3n) is 10.2. The molecule has 1 N–H and O–H groups in total. The summed E-state index contributed by atoms with van der Waals surface area (Å²) < 4.78 is 40.9. The Kier molecular flexibility index (Phi) is 8.56. The van der Waals surface area contributed by atoms with E-state index in [1.807, 2.05) is 35.2 Å². The van der Waals surface area contributed by atoms with Gasteiger partial charge in [-0.1, -0.05) is 35.9 Å². The van der Waals surface area contributed by atoms with E-state index in [-0.39, 0.29) is 31.6 Å². The second kappa shape index (κ2) is 12.4. The van der Waals surface area contributed by atoms with Crippen LogP contribution in [0.25, 0.3) is 10.8 Å². The first-order valence-electron chi connectivity index (χ1n) is 16.7. The molecule has 4 aliphatic rings. The predicted molar refractivity (Wildman–Crippen MR) is 180 cm³/mol. The zero-order valence-electron chi connectivity index (χ0n) is 27.8. The van der Waals surface area contributed by atoms with Gasteiger partial charge in [-0.3, -0.25) is 4.90 Å². The molecular weight excluding hydrogens is 642 g/mol. The monoisotopic (exact) mass is 684 g/mol. The summed E-state index contributed by atoms with van der Waals surface area (Å²) in [7, 11) is 2.08. The number of ether oxygens (including phenoxy) is 2. The lowest BCUT2D eigenvalue weighted by Crippen LogP contribution is -2.62. The number of nitrogens with zero attached hydrogens (tertiary/aromatic N) is 6. The molecule has 2 bridgehead atoms. The number of aromatic nitrogens is 2. The molecule has 5 heterocycles. The molecule has 1 amide bonds. The summed E-state index contributed by atoms with van der Waals surface area (Å²) in [5, 5.41) is 14.0. The Morgan fingerprint density at radius 2 is 1.90 bits per heavy atom. The van der Waals surface area contributed by atoms with Crippen LogP contribution in [-0.4, -0.2) is 107 Å². The number of aliphatic hydroxyl groups is 1. The number of likely N-dealkylation sites (tertiary alicyclic amines) is 1. The highest BCUT2D eigenvalue weighted by molar-refractivity contribution is 6.36. The van der Waals surface area contributed by atoms with Crippen molar-refractivity contribution in [3.8, 4) is 6.01 Å². The second-order valence-electron chi connectivity index (χ2n) is 14.6. The van der Waals surface area contributed by atoms with Crippen LogP contribution in [0.2, 0.25) is 5.02 Å². The molecule has 258 valence electrons. The van der Waals surface area contributed by atoms with Crippen molar-refractivity contribution in [3.05, 3.63) is 52.7 Å². The minimum absolute atomic E-state index is 0.0342. The highest BCUT2D eigenvalue weighted by Crippen LogP contribution is 2.44. The Bertz CT molecular complexity index is 1700. The summed E-state index contributed by atoms with van der Waals surface area (Å²) in [6.07, 6.45) is -1.29. The van der Waals surface area contributed by atoms with Crippen LogP contribution in [0.1, 0.15) is 51.3 Å². The lowest BCUT2D eigenvalue weighted by molar-refractivity contribution is -0.111. The molecule has 1 aromatic heterocycles. The van der Waals surface area contributed by atoms with Crippen molar-refractivity contribution in [2.45, 2.75) is 88.8 Å². The molecule has 7 rings (SSSR count). The van der Waals surface area contributed by atoms with Gasteiger partial charge in [0.1, 0.15) is 23.6 Å². The number of alkyl halides is 2. The Morgan fingerprint density at radius 3 is 2.60 bits per heavy atom. The van der Waals surface area contributed by atoms with Crippen molar-refractivity contribution in [2.75, 3.05) is 49.6 Å². The van der Waals surface area contributed by atoms with Gasteiger partial charge >= 0.3 is 12.1 Å².